The topological polar surface area (TPSA) is 55.3 Å². The number of benzene rings is 3. The van der Waals surface area contributed by atoms with Crippen molar-refractivity contribution in [2.45, 2.75) is 6.54 Å². The number of ether oxygens (including phenoxy) is 1. The number of fused-ring (bicyclic) bond motifs is 1. The number of carbonyl (C=O) groups excluding carboxylic acids is 1. The van der Waals surface area contributed by atoms with E-state index in [1.165, 1.54) is 17.4 Å². The maximum absolute atomic E-state index is 14.3. The van der Waals surface area contributed by atoms with E-state index in [0.717, 1.165) is 5.56 Å². The molecule has 5 rings (SSSR count). The van der Waals surface area contributed by atoms with Gasteiger partial charge in [-0.2, -0.15) is 0 Å². The summed E-state index contributed by atoms with van der Waals surface area (Å²) < 4.78 is 20.9. The van der Waals surface area contributed by atoms with Gasteiger partial charge in [-0.15, -0.1) is 0 Å². The summed E-state index contributed by atoms with van der Waals surface area (Å²) >= 11 is 1.27. The number of hydrogen-bond acceptors (Lipinski definition) is 5. The minimum Gasteiger partial charge on any atom is -0.457 e. The lowest BCUT2D eigenvalue weighted by molar-refractivity contribution is 0.0985. The van der Waals surface area contributed by atoms with Gasteiger partial charge >= 0.3 is 0 Å². The number of rotatable bonds is 6. The molecule has 0 aliphatic rings. The van der Waals surface area contributed by atoms with Crippen molar-refractivity contribution >= 4 is 32.6 Å². The van der Waals surface area contributed by atoms with Crippen molar-refractivity contribution in [1.82, 2.24) is 9.97 Å². The molecule has 0 atom stereocenters. The molecular weight excluding hydrogens is 437 g/mol. The van der Waals surface area contributed by atoms with Crippen LogP contribution in [0.4, 0.5) is 9.52 Å². The Labute approximate surface area is 193 Å². The summed E-state index contributed by atoms with van der Waals surface area (Å²) in [7, 11) is 0. The largest absolute Gasteiger partial charge is 0.457 e. The highest BCUT2D eigenvalue weighted by molar-refractivity contribution is 7.22. The van der Waals surface area contributed by atoms with Gasteiger partial charge < -0.3 is 4.74 Å². The van der Waals surface area contributed by atoms with Gasteiger partial charge in [-0.1, -0.05) is 47.7 Å². The van der Waals surface area contributed by atoms with E-state index in [1.54, 1.807) is 53.7 Å². The Morgan fingerprint density at radius 1 is 0.939 bits per heavy atom. The number of aromatic nitrogens is 2. The maximum atomic E-state index is 14.3. The Balaban J connectivity index is 1.51. The average molecular weight is 456 g/mol. The van der Waals surface area contributed by atoms with Crippen molar-refractivity contribution in [3.8, 4) is 11.5 Å². The summed E-state index contributed by atoms with van der Waals surface area (Å²) in [6, 6.07) is 24.8. The number of halogens is 1. The van der Waals surface area contributed by atoms with Gasteiger partial charge in [-0.25, -0.2) is 9.37 Å². The molecule has 0 saturated heterocycles. The third-order valence-electron chi connectivity index (χ3n) is 4.96. The molecule has 0 fully saturated rings. The fourth-order valence-corrected chi connectivity index (χ4v) is 4.37. The van der Waals surface area contributed by atoms with Crippen LogP contribution in [0.1, 0.15) is 15.9 Å². The molecule has 7 heteroatoms. The molecular formula is C26H18FN3O2S. The second-order valence-electron chi connectivity index (χ2n) is 7.28. The molecule has 0 radical (unpaired) electrons. The Bertz CT molecular complexity index is 1410. The number of pyridine rings is 1. The van der Waals surface area contributed by atoms with Crippen LogP contribution in [0.5, 0.6) is 11.5 Å². The zero-order chi connectivity index (χ0) is 22.6. The van der Waals surface area contributed by atoms with Crippen LogP contribution in [-0.2, 0) is 6.54 Å². The third-order valence-corrected chi connectivity index (χ3v) is 6.00. The van der Waals surface area contributed by atoms with Crippen molar-refractivity contribution < 1.29 is 13.9 Å². The molecule has 0 bridgehead atoms. The summed E-state index contributed by atoms with van der Waals surface area (Å²) in [6.45, 7) is 0.248. The number of hydrogen-bond donors (Lipinski definition) is 0. The molecule has 0 unspecified atom stereocenters. The molecule has 0 aliphatic heterocycles. The van der Waals surface area contributed by atoms with Gasteiger partial charge in [0.05, 0.1) is 11.2 Å². The van der Waals surface area contributed by atoms with Crippen LogP contribution in [0.2, 0.25) is 0 Å². The quantitative estimate of drug-likeness (QED) is 0.294. The van der Waals surface area contributed by atoms with E-state index >= 15 is 0 Å². The molecule has 5 nitrogen and oxygen atoms in total. The lowest BCUT2D eigenvalue weighted by Gasteiger charge is -2.20. The van der Waals surface area contributed by atoms with E-state index in [1.807, 2.05) is 42.5 Å². The van der Waals surface area contributed by atoms with Crippen LogP contribution in [0.15, 0.2) is 97.3 Å². The maximum Gasteiger partial charge on any atom is 0.260 e. The zero-order valence-electron chi connectivity index (χ0n) is 17.4. The minimum atomic E-state index is -0.415. The van der Waals surface area contributed by atoms with Gasteiger partial charge in [0.15, 0.2) is 5.13 Å². The number of amides is 1. The molecule has 3 aromatic carbocycles. The van der Waals surface area contributed by atoms with Crippen LogP contribution >= 0.6 is 11.3 Å². The van der Waals surface area contributed by atoms with E-state index in [-0.39, 0.29) is 18.0 Å². The number of thiazole rings is 1. The van der Waals surface area contributed by atoms with Crippen molar-refractivity contribution in [3.05, 3.63) is 114 Å². The molecule has 33 heavy (non-hydrogen) atoms. The molecule has 0 spiro atoms. The summed E-state index contributed by atoms with van der Waals surface area (Å²) in [4.78, 5) is 23.8. The van der Waals surface area contributed by atoms with Gasteiger partial charge in [-0.3, -0.25) is 14.7 Å². The highest BCUT2D eigenvalue weighted by atomic mass is 32.1. The molecule has 1 amide bonds. The van der Waals surface area contributed by atoms with Gasteiger partial charge in [-0.05, 0) is 54.1 Å². The summed E-state index contributed by atoms with van der Waals surface area (Å²) in [6.07, 6.45) is 3.37. The smallest absolute Gasteiger partial charge is 0.260 e. The van der Waals surface area contributed by atoms with Gasteiger partial charge in [0, 0.05) is 18.0 Å². The molecule has 162 valence electrons. The monoisotopic (exact) mass is 455 g/mol. The Morgan fingerprint density at radius 2 is 1.76 bits per heavy atom. The van der Waals surface area contributed by atoms with E-state index in [9.17, 15) is 9.18 Å². The minimum absolute atomic E-state index is 0.248. The summed E-state index contributed by atoms with van der Waals surface area (Å²) in [5, 5.41) is 0.415. The first-order chi connectivity index (χ1) is 16.2. The predicted molar refractivity (Wildman–Crippen MR) is 127 cm³/mol. The third kappa shape index (κ3) is 4.58. The van der Waals surface area contributed by atoms with E-state index in [0.29, 0.717) is 26.9 Å². The molecule has 0 saturated carbocycles. The lowest BCUT2D eigenvalue weighted by Crippen LogP contribution is -2.30. The van der Waals surface area contributed by atoms with E-state index in [4.69, 9.17) is 4.74 Å². The SMILES string of the molecule is O=C(c1cccc(Oc2ccccc2)c1)N(Cc1cccnc1)c1nc2c(F)cccc2s1. The van der Waals surface area contributed by atoms with Crippen molar-refractivity contribution in [1.29, 1.82) is 0 Å². The zero-order valence-corrected chi connectivity index (χ0v) is 18.2. The highest BCUT2D eigenvalue weighted by Gasteiger charge is 2.23. The first-order valence-electron chi connectivity index (χ1n) is 10.3. The van der Waals surface area contributed by atoms with Crippen LogP contribution in [0, 0.1) is 5.82 Å². The molecule has 5 aromatic rings. The van der Waals surface area contributed by atoms with Gasteiger partial charge in [0.2, 0.25) is 0 Å². The van der Waals surface area contributed by atoms with Crippen molar-refractivity contribution in [2.75, 3.05) is 4.90 Å². The number of para-hydroxylation sites is 2. The second kappa shape index (κ2) is 9.18. The van der Waals surface area contributed by atoms with Crippen LogP contribution < -0.4 is 9.64 Å². The normalized spacial score (nSPS) is 10.8. The second-order valence-corrected chi connectivity index (χ2v) is 8.29. The average Bonchev–Trinajstić information content (AvgIpc) is 3.29. The molecule has 2 heterocycles. The van der Waals surface area contributed by atoms with E-state index < -0.39 is 5.82 Å². The number of carbonyl (C=O) groups is 1. The lowest BCUT2D eigenvalue weighted by atomic mass is 10.1. The number of nitrogens with zero attached hydrogens (tertiary/aromatic N) is 3. The Morgan fingerprint density at radius 3 is 2.55 bits per heavy atom. The predicted octanol–water partition coefficient (Wildman–Crippen LogP) is 6.47. The molecule has 0 N–H and O–H groups in total. The van der Waals surface area contributed by atoms with Gasteiger partial charge in [0.1, 0.15) is 22.8 Å². The Hall–Kier alpha value is -4.10. The van der Waals surface area contributed by atoms with Crippen LogP contribution in [-0.4, -0.2) is 15.9 Å². The highest BCUT2D eigenvalue weighted by Crippen LogP contribution is 2.32. The molecule has 2 aromatic heterocycles. The van der Waals surface area contributed by atoms with Crippen molar-refractivity contribution in [3.63, 3.8) is 0 Å². The summed E-state index contributed by atoms with van der Waals surface area (Å²) in [5.41, 5.74) is 1.52. The first kappa shape index (κ1) is 20.8. The standard InChI is InChI=1S/C26H18FN3O2S/c27-22-12-5-13-23-24(22)29-26(33-23)30(17-18-7-6-14-28-16-18)25(31)19-8-4-11-21(15-19)32-20-9-2-1-3-10-20/h1-16H,17H2. The first-order valence-corrected chi connectivity index (χ1v) is 11.1. The van der Waals surface area contributed by atoms with Crippen molar-refractivity contribution in [2.24, 2.45) is 0 Å². The fourth-order valence-electron chi connectivity index (χ4n) is 3.39. The van der Waals surface area contributed by atoms with Crippen LogP contribution in [0.25, 0.3) is 10.2 Å². The van der Waals surface area contributed by atoms with Gasteiger partial charge in [0.25, 0.3) is 5.91 Å². The van der Waals surface area contributed by atoms with Crippen LogP contribution in [0.3, 0.4) is 0 Å². The van der Waals surface area contributed by atoms with E-state index in [2.05, 4.69) is 9.97 Å². The summed E-state index contributed by atoms with van der Waals surface area (Å²) in [5.74, 6) is 0.540. The fraction of sp³-hybridized carbons (Fsp3) is 0.0385. The Kier molecular flexibility index (Phi) is 5.78. The number of anilines is 1. The molecule has 0 aliphatic carbocycles.